The molecule has 0 radical (unpaired) electrons. The van der Waals surface area contributed by atoms with Crippen molar-refractivity contribution < 1.29 is 19.2 Å². The summed E-state index contributed by atoms with van der Waals surface area (Å²) in [6.07, 6.45) is 2.35. The molecule has 0 saturated carbocycles. The molecule has 2 fully saturated rings. The minimum absolute atomic E-state index is 0. The molecular formula is C13H20ClN3O3S. The number of hydrogen-bond donors (Lipinski definition) is 1. The Bertz CT molecular complexity index is 505. The van der Waals surface area contributed by atoms with Gasteiger partial charge in [0.1, 0.15) is 18.0 Å². The van der Waals surface area contributed by atoms with Crippen LogP contribution in [0.1, 0.15) is 12.8 Å². The first-order chi connectivity index (χ1) is 9.43. The normalized spacial score (nSPS) is 30.6. The number of carboxylic acid groups (broad SMARTS) is 1. The van der Waals surface area contributed by atoms with Crippen molar-refractivity contribution in [1.82, 2.24) is 4.90 Å². The van der Waals surface area contributed by atoms with E-state index in [0.717, 1.165) is 23.1 Å². The number of nitrogens with zero attached hydrogens (tertiary/aromatic N) is 2. The van der Waals surface area contributed by atoms with E-state index in [4.69, 9.17) is 5.73 Å². The molecule has 6 nitrogen and oxygen atoms in total. The number of amides is 1. The molecule has 2 saturated heterocycles. The third-order valence-corrected chi connectivity index (χ3v) is 5.86. The number of thioether (sulfide) groups is 1. The molecule has 1 unspecified atom stereocenters. The standard InChI is InChI=1S/C13H19N3O3S.ClH/c1-16(4-2-3-5-16)6-8-7-20-12-9(14)11(17)15(12)10(8)13(18)19;/h9,12H,2-7,14H2,1H3;1H/t9?,12-;/m0./s1. The number of carboxylic acids is 1. The Morgan fingerprint density at radius 2 is 2.10 bits per heavy atom. The van der Waals surface area contributed by atoms with Gasteiger partial charge in [0.05, 0.1) is 31.8 Å². The van der Waals surface area contributed by atoms with Crippen LogP contribution in [-0.2, 0) is 9.59 Å². The molecule has 2 N–H and O–H groups in total. The second-order valence-electron chi connectivity index (χ2n) is 6.11. The van der Waals surface area contributed by atoms with Crippen LogP contribution in [0, 0.1) is 0 Å². The fourth-order valence-corrected chi connectivity index (χ4v) is 4.69. The van der Waals surface area contributed by atoms with E-state index >= 15 is 0 Å². The van der Waals surface area contributed by atoms with E-state index in [1.165, 1.54) is 17.7 Å². The molecule has 118 valence electrons. The van der Waals surface area contributed by atoms with Crippen LogP contribution in [0.3, 0.4) is 0 Å². The van der Waals surface area contributed by atoms with E-state index in [9.17, 15) is 14.7 Å². The highest BCUT2D eigenvalue weighted by atomic mass is 35.5. The first-order valence-electron chi connectivity index (χ1n) is 6.90. The van der Waals surface area contributed by atoms with Crippen molar-refractivity contribution in [2.45, 2.75) is 24.3 Å². The van der Waals surface area contributed by atoms with Gasteiger partial charge in [-0.2, -0.15) is 0 Å². The topological polar surface area (TPSA) is 86.5 Å². The number of halogens is 1. The van der Waals surface area contributed by atoms with Crippen molar-refractivity contribution in [3.8, 4) is 0 Å². The number of aliphatic carboxylic acids is 1. The lowest BCUT2D eigenvalue weighted by Gasteiger charge is -2.50. The Hall–Kier alpha value is -0.760. The number of carbonyl (C=O) groups is 2. The fraction of sp³-hybridized carbons (Fsp3) is 0.692. The number of likely N-dealkylation sites (tertiary alicyclic amines) is 1. The Balaban J connectivity index is 0.00000161. The predicted octanol–water partition coefficient (Wildman–Crippen LogP) is -1.10. The van der Waals surface area contributed by atoms with Gasteiger partial charge in [0.15, 0.2) is 0 Å². The van der Waals surface area contributed by atoms with Crippen LogP contribution in [0.2, 0.25) is 0 Å². The van der Waals surface area contributed by atoms with Crippen LogP contribution in [0.25, 0.3) is 0 Å². The zero-order valence-corrected chi connectivity index (χ0v) is 13.5. The highest BCUT2D eigenvalue weighted by Crippen LogP contribution is 2.40. The molecule has 3 heterocycles. The number of quaternary nitrogens is 1. The van der Waals surface area contributed by atoms with E-state index in [0.29, 0.717) is 12.3 Å². The summed E-state index contributed by atoms with van der Waals surface area (Å²) in [7, 11) is 2.15. The van der Waals surface area contributed by atoms with Crippen LogP contribution < -0.4 is 10.8 Å². The fourth-order valence-electron chi connectivity index (χ4n) is 3.41. The molecule has 0 bridgehead atoms. The summed E-state index contributed by atoms with van der Waals surface area (Å²) < 4.78 is 0.853. The van der Waals surface area contributed by atoms with Gasteiger partial charge in [0.25, 0.3) is 0 Å². The highest BCUT2D eigenvalue weighted by Gasteiger charge is 2.50. The third kappa shape index (κ3) is 2.67. The molecule has 21 heavy (non-hydrogen) atoms. The number of hydrogen-bond acceptors (Lipinski definition) is 5. The molecular weight excluding hydrogens is 314 g/mol. The lowest BCUT2D eigenvalue weighted by atomic mass is 10.0. The zero-order valence-electron chi connectivity index (χ0n) is 11.9. The average molecular weight is 334 g/mol. The van der Waals surface area contributed by atoms with E-state index < -0.39 is 12.0 Å². The Morgan fingerprint density at radius 1 is 1.48 bits per heavy atom. The van der Waals surface area contributed by atoms with Gasteiger partial charge < -0.3 is 20.1 Å². The first kappa shape index (κ1) is 16.6. The zero-order chi connectivity index (χ0) is 14.5. The van der Waals surface area contributed by atoms with Gasteiger partial charge in [0, 0.05) is 24.2 Å². The van der Waals surface area contributed by atoms with Gasteiger partial charge in [-0.25, -0.2) is 0 Å². The third-order valence-electron chi connectivity index (χ3n) is 4.50. The molecule has 2 atom stereocenters. The number of carbonyl (C=O) groups excluding carboxylic acids is 2. The lowest BCUT2D eigenvalue weighted by molar-refractivity contribution is -0.893. The number of β-lactam (4-membered cyclic amide) rings is 1. The van der Waals surface area contributed by atoms with Crippen molar-refractivity contribution in [2.24, 2.45) is 5.73 Å². The molecule has 0 aliphatic carbocycles. The largest absolute Gasteiger partial charge is 0.543 e. The van der Waals surface area contributed by atoms with Gasteiger partial charge in [0.2, 0.25) is 5.91 Å². The molecule has 0 spiro atoms. The maximum absolute atomic E-state index is 11.8. The summed E-state index contributed by atoms with van der Waals surface area (Å²) in [5.74, 6) is -0.932. The predicted molar refractivity (Wildman–Crippen MR) is 80.4 cm³/mol. The van der Waals surface area contributed by atoms with Crippen LogP contribution in [0.5, 0.6) is 0 Å². The van der Waals surface area contributed by atoms with Crippen molar-refractivity contribution in [3.05, 3.63) is 11.3 Å². The minimum atomic E-state index is -1.25. The van der Waals surface area contributed by atoms with Gasteiger partial charge in [-0.05, 0) is 0 Å². The van der Waals surface area contributed by atoms with Crippen molar-refractivity contribution in [3.63, 3.8) is 0 Å². The molecule has 3 aliphatic heterocycles. The molecule has 8 heteroatoms. The molecule has 0 aromatic rings. The Labute approximate surface area is 134 Å². The quantitative estimate of drug-likeness (QED) is 0.523. The molecule has 0 aromatic carbocycles. The number of fused-ring (bicyclic) bond motifs is 1. The Kier molecular flexibility index (Phi) is 4.58. The van der Waals surface area contributed by atoms with Gasteiger partial charge >= 0.3 is 0 Å². The number of likely N-dealkylation sites (N-methyl/N-ethyl adjacent to an activating group) is 1. The van der Waals surface area contributed by atoms with Crippen molar-refractivity contribution >= 4 is 36.0 Å². The summed E-state index contributed by atoms with van der Waals surface area (Å²) in [6, 6.07) is -0.576. The van der Waals surface area contributed by atoms with E-state index in [-0.39, 0.29) is 29.4 Å². The van der Waals surface area contributed by atoms with Crippen LogP contribution >= 0.6 is 24.2 Å². The summed E-state index contributed by atoms with van der Waals surface area (Å²) >= 11 is 1.56. The highest BCUT2D eigenvalue weighted by molar-refractivity contribution is 8.00. The summed E-state index contributed by atoms with van der Waals surface area (Å²) in [5.41, 5.74) is 6.61. The summed E-state index contributed by atoms with van der Waals surface area (Å²) in [4.78, 5) is 24.6. The van der Waals surface area contributed by atoms with Gasteiger partial charge in [-0.15, -0.1) is 24.2 Å². The Morgan fingerprint density at radius 3 is 2.67 bits per heavy atom. The van der Waals surface area contributed by atoms with E-state index in [1.807, 2.05) is 0 Å². The van der Waals surface area contributed by atoms with Crippen molar-refractivity contribution in [1.29, 1.82) is 0 Å². The van der Waals surface area contributed by atoms with Gasteiger partial charge in [-0.3, -0.25) is 9.69 Å². The number of rotatable bonds is 3. The minimum Gasteiger partial charge on any atom is -0.543 e. The molecule has 1 amide bonds. The maximum Gasteiger partial charge on any atom is 0.248 e. The summed E-state index contributed by atoms with van der Waals surface area (Å²) in [6.45, 7) is 2.80. The molecule has 3 rings (SSSR count). The van der Waals surface area contributed by atoms with Crippen LogP contribution in [0.15, 0.2) is 11.3 Å². The van der Waals surface area contributed by atoms with Crippen molar-refractivity contribution in [2.75, 3.05) is 32.4 Å². The van der Waals surface area contributed by atoms with Crippen LogP contribution in [-0.4, -0.2) is 65.1 Å². The first-order valence-corrected chi connectivity index (χ1v) is 7.95. The molecule has 3 aliphatic rings. The average Bonchev–Trinajstić information content (AvgIpc) is 2.83. The smallest absolute Gasteiger partial charge is 0.248 e. The molecule has 0 aromatic heterocycles. The second kappa shape index (κ2) is 5.79. The SMILES string of the molecule is C[N+]1(CC2=C(C(=O)[O-])N3C(=O)C(N)[C@@H]3SC2)CCCC1.Cl. The monoisotopic (exact) mass is 333 g/mol. The number of nitrogens with two attached hydrogens (primary N) is 1. The van der Waals surface area contributed by atoms with E-state index in [1.54, 1.807) is 11.8 Å². The summed E-state index contributed by atoms with van der Waals surface area (Å²) in [5, 5.41) is 11.2. The second-order valence-corrected chi connectivity index (χ2v) is 7.21. The van der Waals surface area contributed by atoms with Crippen LogP contribution in [0.4, 0.5) is 0 Å². The lowest BCUT2D eigenvalue weighted by Crippen LogP contribution is -2.69. The maximum atomic E-state index is 11.8. The van der Waals surface area contributed by atoms with E-state index in [2.05, 4.69) is 7.05 Å². The van der Waals surface area contributed by atoms with Gasteiger partial charge in [-0.1, -0.05) is 0 Å².